The van der Waals surface area contributed by atoms with Gasteiger partial charge < -0.3 is 5.32 Å². The zero-order valence-electron chi connectivity index (χ0n) is 18.0. The van der Waals surface area contributed by atoms with Gasteiger partial charge in [0.25, 0.3) is 0 Å². The summed E-state index contributed by atoms with van der Waals surface area (Å²) in [6.07, 6.45) is 4.18. The van der Waals surface area contributed by atoms with Crippen molar-refractivity contribution in [3.8, 4) is 6.07 Å². The van der Waals surface area contributed by atoms with Crippen LogP contribution >= 0.6 is 27.7 Å². The molecule has 0 bridgehead atoms. The van der Waals surface area contributed by atoms with Crippen LogP contribution in [0.15, 0.2) is 33.8 Å². The first-order chi connectivity index (χ1) is 14.2. The summed E-state index contributed by atoms with van der Waals surface area (Å²) in [7, 11) is 0. The quantitative estimate of drug-likeness (QED) is 0.487. The monoisotopic (exact) mass is 485 g/mol. The molecule has 1 atom stereocenters. The first kappa shape index (κ1) is 22.8. The second-order valence-electron chi connectivity index (χ2n) is 8.66. The highest BCUT2D eigenvalue weighted by Crippen LogP contribution is 2.40. The number of thioether (sulfide) groups is 1. The molecule has 3 rings (SSSR count). The van der Waals surface area contributed by atoms with Gasteiger partial charge in [-0.05, 0) is 82.8 Å². The van der Waals surface area contributed by atoms with Crippen LogP contribution < -0.4 is 5.32 Å². The van der Waals surface area contributed by atoms with Crippen LogP contribution in [0.2, 0.25) is 0 Å². The lowest BCUT2D eigenvalue weighted by atomic mass is 9.69. The molecule has 1 amide bonds. The van der Waals surface area contributed by atoms with Gasteiger partial charge in [-0.3, -0.25) is 4.79 Å². The molecule has 1 aliphatic carbocycles. The zero-order chi connectivity index (χ0) is 21.9. The molecule has 0 radical (unpaired) electrons. The molecule has 1 aromatic carbocycles. The molecule has 158 valence electrons. The van der Waals surface area contributed by atoms with Crippen molar-refractivity contribution in [1.29, 1.82) is 5.26 Å². The number of anilines is 1. The minimum Gasteiger partial charge on any atom is -0.324 e. The minimum atomic E-state index is -0.113. The second kappa shape index (κ2) is 9.53. The molecule has 6 heteroatoms. The Hall–Kier alpha value is -1.84. The lowest BCUT2D eigenvalue weighted by Crippen LogP contribution is -2.29. The van der Waals surface area contributed by atoms with Gasteiger partial charge >= 0.3 is 0 Å². The number of halogens is 1. The summed E-state index contributed by atoms with van der Waals surface area (Å²) in [4.78, 5) is 17.2. The largest absolute Gasteiger partial charge is 0.324 e. The summed E-state index contributed by atoms with van der Waals surface area (Å²) in [5.74, 6) is 0.713. The van der Waals surface area contributed by atoms with E-state index in [2.05, 4.69) is 48.1 Å². The molecule has 1 heterocycles. The molecule has 1 N–H and O–H groups in total. The molecule has 0 aliphatic heterocycles. The summed E-state index contributed by atoms with van der Waals surface area (Å²) in [5.41, 5.74) is 5.01. The third kappa shape index (κ3) is 5.25. The van der Waals surface area contributed by atoms with Crippen molar-refractivity contribution in [3.05, 3.63) is 51.1 Å². The maximum atomic E-state index is 12.4. The molecule has 1 aromatic heterocycles. The van der Waals surface area contributed by atoms with E-state index in [1.165, 1.54) is 17.3 Å². The van der Waals surface area contributed by atoms with Crippen LogP contribution in [0.3, 0.4) is 0 Å². The average molecular weight is 486 g/mol. The third-order valence-electron chi connectivity index (χ3n) is 6.23. The van der Waals surface area contributed by atoms with Crippen molar-refractivity contribution in [3.63, 3.8) is 0 Å². The number of carbonyl (C=O) groups excluding carboxylic acids is 1. The van der Waals surface area contributed by atoms with Crippen molar-refractivity contribution in [1.82, 2.24) is 4.98 Å². The molecule has 0 saturated carbocycles. The Morgan fingerprint density at radius 1 is 1.40 bits per heavy atom. The highest BCUT2D eigenvalue weighted by atomic mass is 79.9. The molecule has 0 fully saturated rings. The van der Waals surface area contributed by atoms with E-state index >= 15 is 0 Å². The Morgan fingerprint density at radius 2 is 2.17 bits per heavy atom. The Labute approximate surface area is 192 Å². The summed E-state index contributed by atoms with van der Waals surface area (Å²) in [6.45, 7) is 8.91. The Morgan fingerprint density at radius 3 is 2.83 bits per heavy atom. The van der Waals surface area contributed by atoms with Gasteiger partial charge in [-0.1, -0.05) is 45.0 Å². The van der Waals surface area contributed by atoms with E-state index in [1.807, 2.05) is 31.2 Å². The van der Waals surface area contributed by atoms with Crippen molar-refractivity contribution < 1.29 is 4.79 Å². The number of nitrogens with one attached hydrogen (secondary N) is 1. The second-order valence-corrected chi connectivity index (χ2v) is 10.5. The van der Waals surface area contributed by atoms with Crippen LogP contribution in [0.4, 0.5) is 5.69 Å². The number of aromatic nitrogens is 1. The van der Waals surface area contributed by atoms with Crippen LogP contribution in [-0.2, 0) is 17.6 Å². The maximum absolute atomic E-state index is 12.4. The number of pyridine rings is 1. The maximum Gasteiger partial charge on any atom is 0.234 e. The molecule has 0 spiro atoms. The Balaban J connectivity index is 1.70. The number of benzene rings is 1. The van der Waals surface area contributed by atoms with E-state index in [0.29, 0.717) is 21.9 Å². The van der Waals surface area contributed by atoms with Crippen LogP contribution in [0.5, 0.6) is 0 Å². The van der Waals surface area contributed by atoms with Gasteiger partial charge in [0, 0.05) is 10.2 Å². The summed E-state index contributed by atoms with van der Waals surface area (Å²) in [6, 6.07) is 10.1. The van der Waals surface area contributed by atoms with E-state index in [1.54, 1.807) is 0 Å². The SMILES string of the molecule is CCC(C)(C)C1CCc2nc(SCC(=O)Nc3ccc(C)cc3Br)c(C#N)cc2C1. The number of nitrogens with zero attached hydrogens (tertiary/aromatic N) is 2. The van der Waals surface area contributed by atoms with Gasteiger partial charge in [0.15, 0.2) is 0 Å². The van der Waals surface area contributed by atoms with Gasteiger partial charge in [-0.15, -0.1) is 0 Å². The molecular weight excluding hydrogens is 458 g/mol. The number of amides is 1. The summed E-state index contributed by atoms with van der Waals surface area (Å²) in [5, 5.41) is 13.2. The standard InChI is InChI=1S/C24H28BrN3OS/c1-5-24(3,4)18-7-9-20-16(12-18)11-17(13-26)23(28-20)30-14-22(29)27-21-8-6-15(2)10-19(21)25/h6,8,10-11,18H,5,7,9,12,14H2,1-4H3,(H,27,29). The highest BCUT2D eigenvalue weighted by molar-refractivity contribution is 9.10. The van der Waals surface area contributed by atoms with Crippen molar-refractivity contribution >= 4 is 39.3 Å². The van der Waals surface area contributed by atoms with Crippen molar-refractivity contribution in [2.75, 3.05) is 11.1 Å². The van der Waals surface area contributed by atoms with E-state index < -0.39 is 0 Å². The number of rotatable bonds is 6. The molecule has 1 aliphatic rings. The number of nitriles is 1. The molecule has 0 saturated heterocycles. The summed E-state index contributed by atoms with van der Waals surface area (Å²) < 4.78 is 0.857. The van der Waals surface area contributed by atoms with Gasteiger partial charge in [0.05, 0.1) is 17.0 Å². The van der Waals surface area contributed by atoms with Gasteiger partial charge in [0.1, 0.15) is 11.1 Å². The fraction of sp³-hybridized carbons (Fsp3) is 0.458. The van der Waals surface area contributed by atoms with Crippen molar-refractivity contribution in [2.24, 2.45) is 11.3 Å². The predicted molar refractivity (Wildman–Crippen MR) is 127 cm³/mol. The smallest absolute Gasteiger partial charge is 0.234 e. The number of hydrogen-bond donors (Lipinski definition) is 1. The first-order valence-corrected chi connectivity index (χ1v) is 12.1. The van der Waals surface area contributed by atoms with Gasteiger partial charge in [0.2, 0.25) is 5.91 Å². The molecular formula is C24H28BrN3OS. The van der Waals surface area contributed by atoms with Crippen LogP contribution in [0.1, 0.15) is 56.0 Å². The van der Waals surface area contributed by atoms with E-state index in [-0.39, 0.29) is 11.7 Å². The van der Waals surface area contributed by atoms with E-state index in [0.717, 1.165) is 47.1 Å². The van der Waals surface area contributed by atoms with E-state index in [9.17, 15) is 10.1 Å². The predicted octanol–water partition coefficient (Wildman–Crippen LogP) is 6.30. The molecule has 2 aromatic rings. The highest BCUT2D eigenvalue weighted by Gasteiger charge is 2.32. The van der Waals surface area contributed by atoms with Gasteiger partial charge in [-0.2, -0.15) is 5.26 Å². The van der Waals surface area contributed by atoms with Gasteiger partial charge in [-0.25, -0.2) is 4.98 Å². The zero-order valence-corrected chi connectivity index (χ0v) is 20.4. The molecule has 1 unspecified atom stereocenters. The lowest BCUT2D eigenvalue weighted by molar-refractivity contribution is -0.113. The molecule has 4 nitrogen and oxygen atoms in total. The first-order valence-electron chi connectivity index (χ1n) is 10.3. The van der Waals surface area contributed by atoms with Crippen molar-refractivity contribution in [2.45, 2.75) is 58.4 Å². The normalized spacial score (nSPS) is 15.9. The summed E-state index contributed by atoms with van der Waals surface area (Å²) >= 11 is 4.81. The van der Waals surface area contributed by atoms with Crippen LogP contribution in [-0.4, -0.2) is 16.6 Å². The number of hydrogen-bond acceptors (Lipinski definition) is 4. The van der Waals surface area contributed by atoms with Crippen LogP contribution in [0.25, 0.3) is 0 Å². The average Bonchev–Trinajstić information content (AvgIpc) is 2.73. The lowest BCUT2D eigenvalue weighted by Gasteiger charge is -2.37. The molecule has 30 heavy (non-hydrogen) atoms. The fourth-order valence-corrected chi connectivity index (χ4v) is 5.20. The topological polar surface area (TPSA) is 65.8 Å². The third-order valence-corrected chi connectivity index (χ3v) is 7.87. The van der Waals surface area contributed by atoms with Crippen LogP contribution in [0, 0.1) is 29.6 Å². The number of aryl methyl sites for hydroxylation is 2. The Kier molecular flexibility index (Phi) is 7.26. The Bertz CT molecular complexity index is 997. The fourth-order valence-electron chi connectivity index (χ4n) is 3.83. The van der Waals surface area contributed by atoms with E-state index in [4.69, 9.17) is 4.98 Å². The number of carbonyl (C=O) groups is 1. The minimum absolute atomic E-state index is 0.113. The number of fused-ring (bicyclic) bond motifs is 1.